The van der Waals surface area contributed by atoms with E-state index in [1.165, 1.54) is 12.1 Å². The topological polar surface area (TPSA) is 86.8 Å². The number of nitrogens with zero attached hydrogens (tertiary/aromatic N) is 1. The Hall–Kier alpha value is -2.69. The van der Waals surface area contributed by atoms with Crippen molar-refractivity contribution in [3.63, 3.8) is 0 Å². The third kappa shape index (κ3) is 2.25. The quantitative estimate of drug-likeness (QED) is 0.796. The van der Waals surface area contributed by atoms with Gasteiger partial charge in [0.05, 0.1) is 11.1 Å². The predicted molar refractivity (Wildman–Crippen MR) is 78.1 cm³/mol. The number of hydrogen-bond donors (Lipinski definition) is 3. The zero-order chi connectivity index (χ0) is 14.9. The first-order valence-electron chi connectivity index (χ1n) is 6.05. The summed E-state index contributed by atoms with van der Waals surface area (Å²) in [6, 6.07) is 9.90. The maximum absolute atomic E-state index is 11.3. The highest BCUT2D eigenvalue weighted by Gasteiger charge is 2.19. The molecule has 20 heavy (non-hydrogen) atoms. The number of phenols is 2. The minimum atomic E-state index is -0.744. The Morgan fingerprint density at radius 2 is 1.75 bits per heavy atom. The zero-order valence-electron chi connectivity index (χ0n) is 11.3. The van der Waals surface area contributed by atoms with Crippen LogP contribution < -0.4 is 10.6 Å². The molecule has 2 aromatic carbocycles. The summed E-state index contributed by atoms with van der Waals surface area (Å²) in [5, 5.41) is 20.2. The molecule has 0 aliphatic heterocycles. The van der Waals surface area contributed by atoms with Crippen molar-refractivity contribution in [3.05, 3.63) is 42.0 Å². The number of aromatic hydroxyl groups is 2. The number of benzene rings is 2. The van der Waals surface area contributed by atoms with Gasteiger partial charge in [-0.3, -0.25) is 4.79 Å². The summed E-state index contributed by atoms with van der Waals surface area (Å²) in [5.41, 5.74) is 6.82. The molecule has 0 unspecified atom stereocenters. The highest BCUT2D eigenvalue weighted by molar-refractivity contribution is 6.00. The summed E-state index contributed by atoms with van der Waals surface area (Å²) in [7, 11) is 3.70. The molecule has 104 valence electrons. The molecule has 0 aliphatic carbocycles. The van der Waals surface area contributed by atoms with Gasteiger partial charge in [0.1, 0.15) is 11.5 Å². The van der Waals surface area contributed by atoms with Crippen LogP contribution in [-0.2, 0) is 0 Å². The summed E-state index contributed by atoms with van der Waals surface area (Å²) >= 11 is 0. The Kier molecular flexibility index (Phi) is 3.52. The SMILES string of the molecule is CN(C)c1ccccc1-c1c(O)ccc(C(N)=O)c1O. The smallest absolute Gasteiger partial charge is 0.252 e. The molecule has 0 saturated carbocycles. The molecule has 4 N–H and O–H groups in total. The molecule has 5 nitrogen and oxygen atoms in total. The summed E-state index contributed by atoms with van der Waals surface area (Å²) in [6.07, 6.45) is 0. The molecule has 0 atom stereocenters. The van der Waals surface area contributed by atoms with E-state index in [-0.39, 0.29) is 22.6 Å². The lowest BCUT2D eigenvalue weighted by atomic mass is 9.98. The molecular weight excluding hydrogens is 256 g/mol. The van der Waals surface area contributed by atoms with Gasteiger partial charge in [-0.05, 0) is 18.2 Å². The lowest BCUT2D eigenvalue weighted by molar-refractivity contribution is 0.0998. The van der Waals surface area contributed by atoms with Gasteiger partial charge in [0.25, 0.3) is 5.91 Å². The van der Waals surface area contributed by atoms with Crippen molar-refractivity contribution in [2.45, 2.75) is 0 Å². The fraction of sp³-hybridized carbons (Fsp3) is 0.133. The minimum absolute atomic E-state index is 0.0219. The van der Waals surface area contributed by atoms with E-state index >= 15 is 0 Å². The molecule has 0 bridgehead atoms. The van der Waals surface area contributed by atoms with E-state index in [1.807, 2.05) is 31.1 Å². The number of para-hydroxylation sites is 1. The molecule has 2 aromatic rings. The van der Waals surface area contributed by atoms with Gasteiger partial charge in [-0.15, -0.1) is 0 Å². The fourth-order valence-electron chi connectivity index (χ4n) is 2.12. The molecule has 0 fully saturated rings. The van der Waals surface area contributed by atoms with Crippen molar-refractivity contribution in [1.82, 2.24) is 0 Å². The third-order valence-corrected chi connectivity index (χ3v) is 3.08. The highest BCUT2D eigenvalue weighted by Crippen LogP contribution is 2.43. The molecular formula is C15H16N2O3. The van der Waals surface area contributed by atoms with Crippen LogP contribution >= 0.6 is 0 Å². The van der Waals surface area contributed by atoms with E-state index in [0.29, 0.717) is 5.56 Å². The molecule has 2 rings (SSSR count). The number of carbonyl (C=O) groups excluding carboxylic acids is 1. The molecule has 0 heterocycles. The molecule has 0 radical (unpaired) electrons. The van der Waals surface area contributed by atoms with Crippen LogP contribution in [0.15, 0.2) is 36.4 Å². The van der Waals surface area contributed by atoms with Crippen molar-refractivity contribution in [2.75, 3.05) is 19.0 Å². The fourth-order valence-corrected chi connectivity index (χ4v) is 2.12. The van der Waals surface area contributed by atoms with Crippen LogP contribution in [0.1, 0.15) is 10.4 Å². The number of amides is 1. The lowest BCUT2D eigenvalue weighted by Crippen LogP contribution is -2.12. The van der Waals surface area contributed by atoms with Crippen molar-refractivity contribution in [2.24, 2.45) is 5.73 Å². The second kappa shape index (κ2) is 5.13. The summed E-state index contributed by atoms with van der Waals surface area (Å²) in [4.78, 5) is 13.2. The van der Waals surface area contributed by atoms with E-state index in [2.05, 4.69) is 0 Å². The summed E-state index contributed by atoms with van der Waals surface area (Å²) in [6.45, 7) is 0. The number of anilines is 1. The minimum Gasteiger partial charge on any atom is -0.507 e. The van der Waals surface area contributed by atoms with Gasteiger partial charge < -0.3 is 20.8 Å². The van der Waals surface area contributed by atoms with Crippen molar-refractivity contribution in [3.8, 4) is 22.6 Å². The van der Waals surface area contributed by atoms with Crippen molar-refractivity contribution < 1.29 is 15.0 Å². The molecule has 0 saturated heterocycles. The summed E-state index contributed by atoms with van der Waals surface area (Å²) in [5.74, 6) is -1.17. The summed E-state index contributed by atoms with van der Waals surface area (Å²) < 4.78 is 0. The highest BCUT2D eigenvalue weighted by atomic mass is 16.3. The number of rotatable bonds is 3. The van der Waals surface area contributed by atoms with E-state index in [0.717, 1.165) is 5.69 Å². The van der Waals surface area contributed by atoms with Crippen LogP contribution in [0.4, 0.5) is 5.69 Å². The Bertz CT molecular complexity index is 666. The molecule has 0 aliphatic rings. The lowest BCUT2D eigenvalue weighted by Gasteiger charge is -2.19. The van der Waals surface area contributed by atoms with Crippen LogP contribution in [0.5, 0.6) is 11.5 Å². The molecule has 0 spiro atoms. The number of hydrogen-bond acceptors (Lipinski definition) is 4. The first-order valence-corrected chi connectivity index (χ1v) is 6.05. The van der Waals surface area contributed by atoms with Crippen LogP contribution in [0.3, 0.4) is 0 Å². The van der Waals surface area contributed by atoms with E-state index < -0.39 is 5.91 Å². The Morgan fingerprint density at radius 1 is 1.10 bits per heavy atom. The van der Waals surface area contributed by atoms with E-state index in [4.69, 9.17) is 5.73 Å². The molecule has 5 heteroatoms. The maximum atomic E-state index is 11.3. The number of phenolic OH excluding ortho intramolecular Hbond substituents is 1. The van der Waals surface area contributed by atoms with Crippen molar-refractivity contribution >= 4 is 11.6 Å². The van der Waals surface area contributed by atoms with E-state index in [9.17, 15) is 15.0 Å². The Labute approximate surface area is 116 Å². The van der Waals surface area contributed by atoms with Gasteiger partial charge in [-0.1, -0.05) is 18.2 Å². The average Bonchev–Trinajstić information content (AvgIpc) is 2.38. The normalized spacial score (nSPS) is 10.3. The Morgan fingerprint density at radius 3 is 2.35 bits per heavy atom. The van der Waals surface area contributed by atoms with Crippen LogP contribution in [0, 0.1) is 0 Å². The van der Waals surface area contributed by atoms with Crippen molar-refractivity contribution in [1.29, 1.82) is 0 Å². The molecule has 1 amide bonds. The number of carbonyl (C=O) groups is 1. The monoisotopic (exact) mass is 272 g/mol. The number of nitrogens with two attached hydrogens (primary N) is 1. The van der Waals surface area contributed by atoms with E-state index in [1.54, 1.807) is 12.1 Å². The van der Waals surface area contributed by atoms with Crippen LogP contribution in [0.25, 0.3) is 11.1 Å². The standard InChI is InChI=1S/C15H16N2O3/c1-17(2)11-6-4-3-5-9(11)13-12(18)8-7-10(14(13)19)15(16)20/h3-8,18-19H,1-2H3,(H2,16,20). The first-order chi connectivity index (χ1) is 9.43. The van der Waals surface area contributed by atoms with Gasteiger partial charge in [-0.2, -0.15) is 0 Å². The van der Waals surface area contributed by atoms with Gasteiger partial charge >= 0.3 is 0 Å². The number of primary amides is 1. The van der Waals surface area contributed by atoms with Gasteiger partial charge in [0, 0.05) is 25.3 Å². The maximum Gasteiger partial charge on any atom is 0.252 e. The van der Waals surface area contributed by atoms with Crippen LogP contribution in [-0.4, -0.2) is 30.2 Å². The average molecular weight is 272 g/mol. The molecule has 0 aromatic heterocycles. The second-order valence-electron chi connectivity index (χ2n) is 4.63. The second-order valence-corrected chi connectivity index (χ2v) is 4.63. The first kappa shape index (κ1) is 13.7. The van der Waals surface area contributed by atoms with Gasteiger partial charge in [-0.25, -0.2) is 0 Å². The third-order valence-electron chi connectivity index (χ3n) is 3.08. The largest absolute Gasteiger partial charge is 0.507 e. The van der Waals surface area contributed by atoms with Gasteiger partial charge in [0.15, 0.2) is 0 Å². The Balaban J connectivity index is 2.76. The predicted octanol–water partition coefficient (Wildman–Crippen LogP) is 1.93. The van der Waals surface area contributed by atoms with Gasteiger partial charge in [0.2, 0.25) is 0 Å². The van der Waals surface area contributed by atoms with Crippen LogP contribution in [0.2, 0.25) is 0 Å². The zero-order valence-corrected chi connectivity index (χ0v) is 11.3.